The van der Waals surface area contributed by atoms with Crippen LogP contribution in [0, 0.1) is 0 Å². The van der Waals surface area contributed by atoms with Gasteiger partial charge in [-0.15, -0.1) is 0 Å². The van der Waals surface area contributed by atoms with E-state index in [9.17, 15) is 4.79 Å². The summed E-state index contributed by atoms with van der Waals surface area (Å²) < 4.78 is 5.61. The lowest BCUT2D eigenvalue weighted by Gasteiger charge is -2.07. The number of hydrogen-bond donors (Lipinski definition) is 0. The molecule has 0 bridgehead atoms. The van der Waals surface area contributed by atoms with Gasteiger partial charge >= 0.3 is 0 Å². The predicted octanol–water partition coefficient (Wildman–Crippen LogP) is 2.92. The van der Waals surface area contributed by atoms with E-state index in [1.54, 1.807) is 0 Å². The van der Waals surface area contributed by atoms with Gasteiger partial charge in [-0.2, -0.15) is 0 Å². The van der Waals surface area contributed by atoms with Crippen molar-refractivity contribution in [1.82, 2.24) is 0 Å². The SMILES string of the molecule is CCCC(=O)CCc1cccc2c1OCC2. The van der Waals surface area contributed by atoms with Crippen molar-refractivity contribution >= 4 is 5.78 Å². The largest absolute Gasteiger partial charge is 0.493 e. The molecule has 0 atom stereocenters. The van der Waals surface area contributed by atoms with Gasteiger partial charge < -0.3 is 4.74 Å². The van der Waals surface area contributed by atoms with Gasteiger partial charge in [0.15, 0.2) is 0 Å². The Morgan fingerprint density at radius 1 is 1.38 bits per heavy atom. The van der Waals surface area contributed by atoms with Gasteiger partial charge in [0.2, 0.25) is 0 Å². The summed E-state index contributed by atoms with van der Waals surface area (Å²) in [5.74, 6) is 1.39. The number of ether oxygens (including phenoxy) is 1. The van der Waals surface area contributed by atoms with Crippen molar-refractivity contribution in [3.8, 4) is 5.75 Å². The Bertz CT molecular complexity index is 382. The van der Waals surface area contributed by atoms with E-state index in [4.69, 9.17) is 4.74 Å². The van der Waals surface area contributed by atoms with Gasteiger partial charge in [0, 0.05) is 19.3 Å². The molecule has 1 aliphatic rings. The molecule has 16 heavy (non-hydrogen) atoms. The number of Topliss-reactive ketones (excluding diaryl/α,β-unsaturated/α-hetero) is 1. The molecule has 1 heterocycles. The molecule has 2 nitrogen and oxygen atoms in total. The summed E-state index contributed by atoms with van der Waals surface area (Å²) in [6.07, 6.45) is 4.12. The summed E-state index contributed by atoms with van der Waals surface area (Å²) >= 11 is 0. The lowest BCUT2D eigenvalue weighted by Crippen LogP contribution is -2.00. The molecule has 0 radical (unpaired) electrons. The molecule has 0 fully saturated rings. The zero-order valence-electron chi connectivity index (χ0n) is 9.79. The van der Waals surface area contributed by atoms with E-state index >= 15 is 0 Å². The van der Waals surface area contributed by atoms with Crippen molar-refractivity contribution in [2.75, 3.05) is 6.61 Å². The van der Waals surface area contributed by atoms with Crippen LogP contribution in [0.5, 0.6) is 5.75 Å². The maximum atomic E-state index is 11.5. The van der Waals surface area contributed by atoms with Gasteiger partial charge in [0.25, 0.3) is 0 Å². The van der Waals surface area contributed by atoms with Crippen molar-refractivity contribution in [3.63, 3.8) is 0 Å². The van der Waals surface area contributed by atoms with Gasteiger partial charge in [-0.3, -0.25) is 4.79 Å². The second-order valence-electron chi connectivity index (χ2n) is 4.29. The van der Waals surface area contributed by atoms with Crippen LogP contribution < -0.4 is 4.74 Å². The summed E-state index contributed by atoms with van der Waals surface area (Å²) in [6.45, 7) is 2.83. The second-order valence-corrected chi connectivity index (χ2v) is 4.29. The van der Waals surface area contributed by atoms with Gasteiger partial charge in [-0.1, -0.05) is 25.1 Å². The third-order valence-electron chi connectivity index (χ3n) is 3.00. The molecule has 0 N–H and O–H groups in total. The number of rotatable bonds is 5. The van der Waals surface area contributed by atoms with Crippen LogP contribution in [0.25, 0.3) is 0 Å². The number of ketones is 1. The first kappa shape index (κ1) is 11.2. The summed E-state index contributed by atoms with van der Waals surface area (Å²) in [6, 6.07) is 6.25. The number of carbonyl (C=O) groups excluding carboxylic acids is 1. The minimum Gasteiger partial charge on any atom is -0.493 e. The highest BCUT2D eigenvalue weighted by Gasteiger charge is 2.15. The molecule has 0 saturated heterocycles. The Kier molecular flexibility index (Phi) is 3.60. The number of hydrogen-bond acceptors (Lipinski definition) is 2. The fraction of sp³-hybridized carbons (Fsp3) is 0.500. The third-order valence-corrected chi connectivity index (χ3v) is 3.00. The molecule has 2 heteroatoms. The predicted molar refractivity (Wildman–Crippen MR) is 63.9 cm³/mol. The van der Waals surface area contributed by atoms with Crippen LogP contribution in [-0.2, 0) is 17.6 Å². The Morgan fingerprint density at radius 3 is 3.06 bits per heavy atom. The lowest BCUT2D eigenvalue weighted by molar-refractivity contribution is -0.119. The van der Waals surface area contributed by atoms with E-state index in [1.807, 2.05) is 6.92 Å². The van der Waals surface area contributed by atoms with Crippen molar-refractivity contribution in [2.45, 2.75) is 39.0 Å². The molecule has 0 aliphatic carbocycles. The van der Waals surface area contributed by atoms with E-state index in [2.05, 4.69) is 18.2 Å². The Hall–Kier alpha value is -1.31. The first-order valence-corrected chi connectivity index (χ1v) is 6.06. The van der Waals surface area contributed by atoms with Crippen molar-refractivity contribution in [1.29, 1.82) is 0 Å². The topological polar surface area (TPSA) is 26.3 Å². The molecule has 1 aromatic rings. The Morgan fingerprint density at radius 2 is 2.25 bits per heavy atom. The van der Waals surface area contributed by atoms with Crippen molar-refractivity contribution < 1.29 is 9.53 Å². The molecule has 86 valence electrons. The molecule has 2 rings (SSSR count). The summed E-state index contributed by atoms with van der Waals surface area (Å²) in [4.78, 5) is 11.5. The molecule has 0 saturated carbocycles. The van der Waals surface area contributed by atoms with Crippen LogP contribution in [0.2, 0.25) is 0 Å². The average molecular weight is 218 g/mol. The fourth-order valence-corrected chi connectivity index (χ4v) is 2.16. The zero-order valence-corrected chi connectivity index (χ0v) is 9.79. The summed E-state index contributed by atoms with van der Waals surface area (Å²) in [7, 11) is 0. The maximum absolute atomic E-state index is 11.5. The monoisotopic (exact) mass is 218 g/mol. The number of para-hydroxylation sites is 1. The van der Waals surface area contributed by atoms with Gasteiger partial charge in [-0.05, 0) is 24.0 Å². The summed E-state index contributed by atoms with van der Waals surface area (Å²) in [5, 5.41) is 0. The van der Waals surface area contributed by atoms with Crippen LogP contribution in [0.1, 0.15) is 37.3 Å². The lowest BCUT2D eigenvalue weighted by atomic mass is 10.0. The first-order chi connectivity index (χ1) is 7.81. The Labute approximate surface area is 96.6 Å². The summed E-state index contributed by atoms with van der Waals surface area (Å²) in [5.41, 5.74) is 2.49. The van der Waals surface area contributed by atoms with E-state index < -0.39 is 0 Å². The highest BCUT2D eigenvalue weighted by Crippen LogP contribution is 2.30. The number of aryl methyl sites for hydroxylation is 1. The van der Waals surface area contributed by atoms with Gasteiger partial charge in [0.1, 0.15) is 11.5 Å². The molecule has 0 aromatic heterocycles. The zero-order chi connectivity index (χ0) is 11.4. The molecular formula is C14H18O2. The highest BCUT2D eigenvalue weighted by molar-refractivity contribution is 5.78. The van der Waals surface area contributed by atoms with Crippen LogP contribution in [0.4, 0.5) is 0 Å². The van der Waals surface area contributed by atoms with Gasteiger partial charge in [0.05, 0.1) is 6.61 Å². The van der Waals surface area contributed by atoms with Crippen molar-refractivity contribution in [3.05, 3.63) is 29.3 Å². The molecule has 1 aromatic carbocycles. The molecule has 0 unspecified atom stereocenters. The highest BCUT2D eigenvalue weighted by atomic mass is 16.5. The standard InChI is InChI=1S/C14H18O2/c1-2-4-13(15)8-7-11-5-3-6-12-9-10-16-14(11)12/h3,5-6H,2,4,7-10H2,1H3. The minimum absolute atomic E-state index is 0.359. The second kappa shape index (κ2) is 5.15. The molecular weight excluding hydrogens is 200 g/mol. The van der Waals surface area contributed by atoms with Crippen LogP contribution in [-0.4, -0.2) is 12.4 Å². The normalized spacial score (nSPS) is 13.3. The van der Waals surface area contributed by atoms with Crippen LogP contribution in [0.3, 0.4) is 0 Å². The molecule has 1 aliphatic heterocycles. The van der Waals surface area contributed by atoms with E-state index in [0.29, 0.717) is 18.6 Å². The van der Waals surface area contributed by atoms with Crippen LogP contribution >= 0.6 is 0 Å². The molecule has 0 amide bonds. The van der Waals surface area contributed by atoms with Crippen LogP contribution in [0.15, 0.2) is 18.2 Å². The van der Waals surface area contributed by atoms with Crippen molar-refractivity contribution in [2.24, 2.45) is 0 Å². The number of carbonyl (C=O) groups is 1. The minimum atomic E-state index is 0.359. The number of benzene rings is 1. The third kappa shape index (κ3) is 2.43. The quantitative estimate of drug-likeness (QED) is 0.759. The fourth-order valence-electron chi connectivity index (χ4n) is 2.16. The van der Waals surface area contributed by atoms with E-state index in [1.165, 1.54) is 11.1 Å². The smallest absolute Gasteiger partial charge is 0.133 e. The van der Waals surface area contributed by atoms with E-state index in [-0.39, 0.29) is 0 Å². The molecule has 0 spiro atoms. The maximum Gasteiger partial charge on any atom is 0.133 e. The van der Waals surface area contributed by atoms with Gasteiger partial charge in [-0.25, -0.2) is 0 Å². The average Bonchev–Trinajstić information content (AvgIpc) is 2.75. The Balaban J connectivity index is 2.00. The first-order valence-electron chi connectivity index (χ1n) is 6.06. The number of fused-ring (bicyclic) bond motifs is 1. The van der Waals surface area contributed by atoms with E-state index in [0.717, 1.165) is 31.6 Å².